The molecule has 2 aromatic heterocycles. The zero-order chi connectivity index (χ0) is 21.1. The summed E-state index contributed by atoms with van der Waals surface area (Å²) in [6.45, 7) is 0. The van der Waals surface area contributed by atoms with Gasteiger partial charge in [0.1, 0.15) is 5.82 Å². The fraction of sp³-hybridized carbons (Fsp3) is 0.292. The van der Waals surface area contributed by atoms with Gasteiger partial charge in [-0.15, -0.1) is 0 Å². The molecule has 30 heavy (non-hydrogen) atoms. The summed E-state index contributed by atoms with van der Waals surface area (Å²) in [5.41, 5.74) is 4.14. The molecule has 0 bridgehead atoms. The minimum atomic E-state index is -0.441. The van der Waals surface area contributed by atoms with Crippen LogP contribution in [0, 0.1) is 0 Å². The van der Waals surface area contributed by atoms with Gasteiger partial charge in [-0.25, -0.2) is 9.78 Å². The highest BCUT2D eigenvalue weighted by Gasteiger charge is 2.23. The van der Waals surface area contributed by atoms with Crippen LogP contribution >= 0.6 is 0 Å². The van der Waals surface area contributed by atoms with Crippen LogP contribution in [0.3, 0.4) is 0 Å². The highest BCUT2D eigenvalue weighted by atomic mass is 16.2. The largest absolute Gasteiger partial charge is 0.362 e. The van der Waals surface area contributed by atoms with Crippen LogP contribution in [0.4, 0.5) is 5.82 Å². The number of allylic oxidation sites excluding steroid dienone is 2. The Hall–Kier alpha value is -3.41. The van der Waals surface area contributed by atoms with Crippen LogP contribution < -0.4 is 16.1 Å². The van der Waals surface area contributed by atoms with Gasteiger partial charge in [0.2, 0.25) is 0 Å². The predicted molar refractivity (Wildman–Crippen MR) is 120 cm³/mol. The second-order valence-electron chi connectivity index (χ2n) is 7.93. The molecule has 3 aromatic rings. The van der Waals surface area contributed by atoms with Crippen LogP contribution in [-0.4, -0.2) is 29.0 Å². The van der Waals surface area contributed by atoms with Gasteiger partial charge in [0.15, 0.2) is 0 Å². The maximum atomic E-state index is 12.6. The fourth-order valence-corrected chi connectivity index (χ4v) is 4.20. The fourth-order valence-electron chi connectivity index (χ4n) is 4.20. The first-order valence-corrected chi connectivity index (χ1v) is 10.2. The summed E-state index contributed by atoms with van der Waals surface area (Å²) in [5.74, 6) is 1.07. The molecule has 1 unspecified atom stereocenters. The molecule has 1 atom stereocenters. The molecule has 0 spiro atoms. The smallest absolute Gasteiger partial charge is 0.325 e. The van der Waals surface area contributed by atoms with Crippen molar-refractivity contribution in [3.8, 4) is 0 Å². The van der Waals surface area contributed by atoms with Crippen LogP contribution in [-0.2, 0) is 6.42 Å². The van der Waals surface area contributed by atoms with E-state index in [2.05, 4.69) is 27.1 Å². The molecule has 6 nitrogen and oxygen atoms in total. The number of aromatic amines is 2. The number of hydrogen-bond donors (Lipinski definition) is 2. The van der Waals surface area contributed by atoms with E-state index in [4.69, 9.17) is 0 Å². The molecule has 0 saturated carbocycles. The number of hydrogen-bond acceptors (Lipinski definition) is 4. The van der Waals surface area contributed by atoms with Crippen molar-refractivity contribution in [2.75, 3.05) is 19.0 Å². The second kappa shape index (κ2) is 8.53. The number of rotatable bonds is 5. The van der Waals surface area contributed by atoms with Crippen LogP contribution in [0.25, 0.3) is 5.57 Å². The highest BCUT2D eigenvalue weighted by molar-refractivity contribution is 5.75. The van der Waals surface area contributed by atoms with Crippen molar-refractivity contribution in [3.05, 3.63) is 98.0 Å². The van der Waals surface area contributed by atoms with Gasteiger partial charge in [-0.2, -0.15) is 0 Å². The highest BCUT2D eigenvalue weighted by Crippen LogP contribution is 2.38. The first kappa shape index (κ1) is 19.9. The summed E-state index contributed by atoms with van der Waals surface area (Å²) >= 11 is 0. The summed E-state index contributed by atoms with van der Waals surface area (Å²) in [6.07, 6.45) is 7.05. The standard InChI is InChI=1S/C24H26N4O2/c1-28(2)22-19(9-6-14-25-22)17-10-12-18(13-11-17)21-20(23(29)27-24(30)26-21)15-16-7-4-3-5-8-16/h3-10,14,18H,11-13,15H2,1-2H3,(H2,26,27,29,30). The number of H-pyrrole nitrogens is 2. The Morgan fingerprint density at radius 2 is 1.87 bits per heavy atom. The first-order chi connectivity index (χ1) is 14.5. The Balaban J connectivity index is 1.65. The third-order valence-corrected chi connectivity index (χ3v) is 5.67. The minimum Gasteiger partial charge on any atom is -0.362 e. The Labute approximate surface area is 175 Å². The van der Waals surface area contributed by atoms with Gasteiger partial charge in [0.05, 0.1) is 0 Å². The number of aromatic nitrogens is 3. The van der Waals surface area contributed by atoms with Crippen LogP contribution in [0.5, 0.6) is 0 Å². The Bertz CT molecular complexity index is 1180. The van der Waals surface area contributed by atoms with E-state index in [1.807, 2.05) is 61.6 Å². The SMILES string of the molecule is CN(C)c1ncccc1C1=CCC(c2[nH]c(=O)[nH]c(=O)c2Cc2ccccc2)CC1. The summed E-state index contributed by atoms with van der Waals surface area (Å²) in [5, 5.41) is 0. The van der Waals surface area contributed by atoms with Crippen molar-refractivity contribution in [2.24, 2.45) is 0 Å². The number of benzene rings is 1. The van der Waals surface area contributed by atoms with E-state index in [1.54, 1.807) is 0 Å². The van der Waals surface area contributed by atoms with E-state index in [9.17, 15) is 9.59 Å². The third-order valence-electron chi connectivity index (χ3n) is 5.67. The average molecular weight is 402 g/mol. The molecular formula is C24H26N4O2. The molecule has 154 valence electrons. The monoisotopic (exact) mass is 402 g/mol. The summed E-state index contributed by atoms with van der Waals surface area (Å²) < 4.78 is 0. The van der Waals surface area contributed by atoms with E-state index in [0.29, 0.717) is 12.0 Å². The normalized spacial score (nSPS) is 16.2. The van der Waals surface area contributed by atoms with Crippen LogP contribution in [0.2, 0.25) is 0 Å². The van der Waals surface area contributed by atoms with Gasteiger partial charge in [-0.3, -0.25) is 9.78 Å². The number of pyridine rings is 1. The van der Waals surface area contributed by atoms with Crippen LogP contribution in [0.1, 0.15) is 47.6 Å². The predicted octanol–water partition coefficient (Wildman–Crippen LogP) is 3.47. The zero-order valence-corrected chi connectivity index (χ0v) is 17.3. The van der Waals surface area contributed by atoms with Gasteiger partial charge in [0, 0.05) is 49.5 Å². The summed E-state index contributed by atoms with van der Waals surface area (Å²) in [7, 11) is 3.99. The molecule has 0 saturated heterocycles. The van der Waals surface area contributed by atoms with Crippen molar-refractivity contribution in [1.29, 1.82) is 0 Å². The number of anilines is 1. The van der Waals surface area contributed by atoms with Crippen LogP contribution in [0.15, 0.2) is 64.3 Å². The van der Waals surface area contributed by atoms with Gasteiger partial charge < -0.3 is 9.88 Å². The molecule has 1 aliphatic rings. The van der Waals surface area contributed by atoms with Crippen molar-refractivity contribution in [1.82, 2.24) is 15.0 Å². The average Bonchev–Trinajstić information content (AvgIpc) is 2.76. The molecule has 1 aliphatic carbocycles. The molecule has 0 fully saturated rings. The molecule has 2 heterocycles. The van der Waals surface area contributed by atoms with E-state index in [0.717, 1.165) is 41.9 Å². The number of nitrogens with one attached hydrogen (secondary N) is 2. The van der Waals surface area contributed by atoms with E-state index in [-0.39, 0.29) is 11.5 Å². The van der Waals surface area contributed by atoms with E-state index >= 15 is 0 Å². The Kier molecular flexibility index (Phi) is 5.65. The summed E-state index contributed by atoms with van der Waals surface area (Å²) in [4.78, 5) is 36.5. The lowest BCUT2D eigenvalue weighted by Crippen LogP contribution is -2.30. The lowest BCUT2D eigenvalue weighted by Gasteiger charge is -2.25. The van der Waals surface area contributed by atoms with Crippen molar-refractivity contribution >= 4 is 11.4 Å². The number of nitrogens with zero attached hydrogens (tertiary/aromatic N) is 2. The Morgan fingerprint density at radius 3 is 2.57 bits per heavy atom. The van der Waals surface area contributed by atoms with Gasteiger partial charge in [0.25, 0.3) is 5.56 Å². The van der Waals surface area contributed by atoms with Crippen molar-refractivity contribution in [3.63, 3.8) is 0 Å². The molecule has 2 N–H and O–H groups in total. The molecule has 6 heteroatoms. The lowest BCUT2D eigenvalue weighted by atomic mass is 9.83. The van der Waals surface area contributed by atoms with Gasteiger partial charge >= 0.3 is 5.69 Å². The molecule has 1 aromatic carbocycles. The van der Waals surface area contributed by atoms with Crippen molar-refractivity contribution < 1.29 is 0 Å². The van der Waals surface area contributed by atoms with E-state index in [1.165, 1.54) is 5.57 Å². The lowest BCUT2D eigenvalue weighted by molar-refractivity contribution is 0.596. The first-order valence-electron chi connectivity index (χ1n) is 10.2. The molecular weight excluding hydrogens is 376 g/mol. The quantitative estimate of drug-likeness (QED) is 0.685. The van der Waals surface area contributed by atoms with E-state index < -0.39 is 5.69 Å². The minimum absolute atomic E-state index is 0.113. The Morgan fingerprint density at radius 1 is 1.07 bits per heavy atom. The molecule has 4 rings (SSSR count). The molecule has 0 aliphatic heterocycles. The topological polar surface area (TPSA) is 81.8 Å². The summed E-state index contributed by atoms with van der Waals surface area (Å²) in [6, 6.07) is 13.9. The van der Waals surface area contributed by atoms with Gasteiger partial charge in [-0.1, -0.05) is 36.4 Å². The molecule has 0 amide bonds. The zero-order valence-electron chi connectivity index (χ0n) is 17.3. The maximum absolute atomic E-state index is 12.6. The third kappa shape index (κ3) is 4.13. The maximum Gasteiger partial charge on any atom is 0.325 e. The van der Waals surface area contributed by atoms with Crippen molar-refractivity contribution in [2.45, 2.75) is 31.6 Å². The van der Waals surface area contributed by atoms with Gasteiger partial charge in [-0.05, 0) is 42.5 Å². The molecule has 0 radical (unpaired) electrons. The second-order valence-corrected chi connectivity index (χ2v) is 7.93.